The minimum Gasteiger partial charge on any atom is -0.490 e. The van der Waals surface area contributed by atoms with Crippen molar-refractivity contribution in [1.82, 2.24) is 19.9 Å². The number of carbonyl (C=O) groups excluding carboxylic acids is 1. The Hall–Kier alpha value is -3.80. The minimum atomic E-state index is -4.19. The number of H-pyrrole nitrogens is 1. The maximum Gasteiger partial charge on any atom is 0.281 e. The van der Waals surface area contributed by atoms with Crippen LogP contribution in [0.15, 0.2) is 59.8 Å². The fourth-order valence-electron chi connectivity index (χ4n) is 5.36. The van der Waals surface area contributed by atoms with Gasteiger partial charge in [-0.15, -0.1) is 11.3 Å². The predicted octanol–water partition coefficient (Wildman–Crippen LogP) is 5.77. The number of ether oxygens (including phenoxy) is 2. The Bertz CT molecular complexity index is 1860. The Balaban J connectivity index is 1.52. The Labute approximate surface area is 242 Å². The molecule has 0 aliphatic carbocycles. The molecular weight excluding hydrogens is 560 g/mol. The molecule has 0 radical (unpaired) electrons. The number of nitrogens with one attached hydrogen (secondary N) is 2. The summed E-state index contributed by atoms with van der Waals surface area (Å²) in [5.74, 6) is 0.00791. The summed E-state index contributed by atoms with van der Waals surface area (Å²) in [5, 5.41) is 7.51. The van der Waals surface area contributed by atoms with E-state index >= 15 is 0 Å². The summed E-state index contributed by atoms with van der Waals surface area (Å²) in [6.45, 7) is 7.35. The van der Waals surface area contributed by atoms with Crippen LogP contribution in [-0.4, -0.2) is 48.8 Å². The Kier molecular flexibility index (Phi) is 7.27. The number of nitrogens with zero attached hydrogens (tertiary/aromatic N) is 2. The number of aryl methyl sites for hydroxylation is 2. The van der Waals surface area contributed by atoms with E-state index in [-0.39, 0.29) is 16.7 Å². The summed E-state index contributed by atoms with van der Waals surface area (Å²) in [6.07, 6.45) is 2.94. The van der Waals surface area contributed by atoms with Crippen LogP contribution in [0.1, 0.15) is 41.3 Å². The second kappa shape index (κ2) is 10.9. The Morgan fingerprint density at radius 2 is 1.93 bits per heavy atom. The van der Waals surface area contributed by atoms with Crippen molar-refractivity contribution in [2.75, 3.05) is 13.2 Å². The lowest BCUT2D eigenvalue weighted by Gasteiger charge is -2.29. The first-order valence-corrected chi connectivity index (χ1v) is 15.8. The average molecular weight is 591 g/mol. The number of benzene rings is 2. The van der Waals surface area contributed by atoms with E-state index in [2.05, 4.69) is 27.1 Å². The zero-order chi connectivity index (χ0) is 28.7. The van der Waals surface area contributed by atoms with Crippen LogP contribution in [0.25, 0.3) is 31.6 Å². The van der Waals surface area contributed by atoms with E-state index in [9.17, 15) is 13.2 Å². The zero-order valence-corrected chi connectivity index (χ0v) is 24.6. The van der Waals surface area contributed by atoms with Gasteiger partial charge in [-0.2, -0.15) is 13.5 Å². The van der Waals surface area contributed by atoms with E-state index in [1.807, 2.05) is 45.0 Å². The van der Waals surface area contributed by atoms with Crippen molar-refractivity contribution in [3.05, 3.63) is 71.4 Å². The normalized spacial score (nSPS) is 15.3. The number of pyridine rings is 1. The molecule has 11 heteroatoms. The van der Waals surface area contributed by atoms with Crippen molar-refractivity contribution >= 4 is 48.3 Å². The number of thiophene rings is 1. The van der Waals surface area contributed by atoms with Gasteiger partial charge >= 0.3 is 0 Å². The molecule has 5 aromatic rings. The van der Waals surface area contributed by atoms with Gasteiger partial charge in [-0.25, -0.2) is 9.71 Å². The SMILES string of the molecule is Cc1c(-c2cc(C(=O)NS(=O)(=O)c3ccn[nH]3)c3c(OC(C)C4CCOCC4)ccc(C)c3n2)sc2ccccc12. The van der Waals surface area contributed by atoms with Crippen LogP contribution in [0, 0.1) is 19.8 Å². The van der Waals surface area contributed by atoms with Gasteiger partial charge in [-0.3, -0.25) is 9.89 Å². The predicted molar refractivity (Wildman–Crippen MR) is 159 cm³/mol. The Morgan fingerprint density at radius 3 is 2.66 bits per heavy atom. The molecule has 41 heavy (non-hydrogen) atoms. The quantitative estimate of drug-likeness (QED) is 0.247. The molecule has 3 aromatic heterocycles. The van der Waals surface area contributed by atoms with E-state index in [4.69, 9.17) is 14.5 Å². The first-order chi connectivity index (χ1) is 19.7. The number of hydrogen-bond donors (Lipinski definition) is 2. The Morgan fingerprint density at radius 1 is 1.15 bits per heavy atom. The fourth-order valence-corrected chi connectivity index (χ4v) is 7.41. The van der Waals surface area contributed by atoms with Crippen molar-refractivity contribution in [3.8, 4) is 16.3 Å². The first kappa shape index (κ1) is 27.4. The number of aromatic nitrogens is 3. The molecule has 1 unspecified atom stereocenters. The number of rotatable bonds is 7. The van der Waals surface area contributed by atoms with E-state index in [0.717, 1.165) is 38.9 Å². The van der Waals surface area contributed by atoms with Gasteiger partial charge in [0.05, 0.1) is 39.3 Å². The summed E-state index contributed by atoms with van der Waals surface area (Å²) in [7, 11) is -4.19. The van der Waals surface area contributed by atoms with E-state index in [0.29, 0.717) is 41.5 Å². The molecule has 4 heterocycles. The third-order valence-corrected chi connectivity index (χ3v) is 10.2. The average Bonchev–Trinajstić information content (AvgIpc) is 3.64. The van der Waals surface area contributed by atoms with Crippen LogP contribution >= 0.6 is 11.3 Å². The molecule has 2 aromatic carbocycles. The second-order valence-electron chi connectivity index (χ2n) is 10.3. The van der Waals surface area contributed by atoms with Crippen molar-refractivity contribution in [1.29, 1.82) is 0 Å². The van der Waals surface area contributed by atoms with E-state index < -0.39 is 15.9 Å². The molecule has 6 rings (SSSR count). The van der Waals surface area contributed by atoms with Crippen LogP contribution in [0.5, 0.6) is 5.75 Å². The number of fused-ring (bicyclic) bond motifs is 2. The van der Waals surface area contributed by atoms with Crippen molar-refractivity contribution < 1.29 is 22.7 Å². The molecule has 0 spiro atoms. The molecule has 1 amide bonds. The van der Waals surface area contributed by atoms with Crippen LogP contribution in [0.3, 0.4) is 0 Å². The molecule has 1 saturated heterocycles. The molecule has 9 nitrogen and oxygen atoms in total. The summed E-state index contributed by atoms with van der Waals surface area (Å²) >= 11 is 1.59. The molecule has 2 N–H and O–H groups in total. The highest BCUT2D eigenvalue weighted by Gasteiger charge is 2.27. The van der Waals surface area contributed by atoms with Crippen LogP contribution in [0.2, 0.25) is 0 Å². The first-order valence-electron chi connectivity index (χ1n) is 13.5. The summed E-state index contributed by atoms with van der Waals surface area (Å²) in [6, 6.07) is 14.8. The van der Waals surface area contributed by atoms with Crippen LogP contribution < -0.4 is 9.46 Å². The summed E-state index contributed by atoms with van der Waals surface area (Å²) in [5.41, 5.74) is 3.24. The van der Waals surface area contributed by atoms with Gasteiger partial charge in [-0.1, -0.05) is 24.3 Å². The third-order valence-electron chi connectivity index (χ3n) is 7.68. The van der Waals surface area contributed by atoms with Gasteiger partial charge in [0.2, 0.25) is 0 Å². The van der Waals surface area contributed by atoms with Crippen molar-refractivity contribution in [2.24, 2.45) is 5.92 Å². The lowest BCUT2D eigenvalue weighted by molar-refractivity contribution is 0.0243. The van der Waals surface area contributed by atoms with Gasteiger partial charge in [-0.05, 0) is 80.3 Å². The molecular formula is C30H30N4O5S2. The number of hydrogen-bond acceptors (Lipinski definition) is 8. The smallest absolute Gasteiger partial charge is 0.281 e. The molecule has 0 saturated carbocycles. The standard InChI is InChI=1S/C30H30N4O5S2/c1-17-8-9-24(39-19(3)20-11-14-38-15-12-20)27-22(30(35)34-41(36,37)26-10-13-31-33-26)16-23(32-28(17)27)29-18(2)21-6-4-5-7-25(21)40-29/h4-10,13,16,19-20H,11-12,14-15H2,1-3H3,(H,31,33)(H,34,35). The number of sulfonamides is 1. The number of carbonyl (C=O) groups is 1. The topological polar surface area (TPSA) is 123 Å². The highest BCUT2D eigenvalue weighted by Crippen LogP contribution is 2.41. The van der Waals surface area contributed by atoms with Crippen LogP contribution in [-0.2, 0) is 14.8 Å². The van der Waals surface area contributed by atoms with Gasteiger partial charge in [0.15, 0.2) is 5.03 Å². The highest BCUT2D eigenvalue weighted by molar-refractivity contribution is 7.90. The molecule has 212 valence electrons. The number of amides is 1. The van der Waals surface area contributed by atoms with Gasteiger partial charge < -0.3 is 9.47 Å². The maximum atomic E-state index is 13.8. The van der Waals surface area contributed by atoms with Crippen molar-refractivity contribution in [2.45, 2.75) is 44.7 Å². The fraction of sp³-hybridized carbons (Fsp3) is 0.300. The second-order valence-corrected chi connectivity index (χ2v) is 13.0. The monoisotopic (exact) mass is 590 g/mol. The molecule has 1 aliphatic rings. The lowest BCUT2D eigenvalue weighted by atomic mass is 9.94. The molecule has 1 fully saturated rings. The lowest BCUT2D eigenvalue weighted by Crippen LogP contribution is -2.31. The van der Waals surface area contributed by atoms with Crippen LogP contribution in [0.4, 0.5) is 0 Å². The largest absolute Gasteiger partial charge is 0.490 e. The van der Waals surface area contributed by atoms with E-state index in [1.54, 1.807) is 17.4 Å². The third kappa shape index (κ3) is 5.20. The minimum absolute atomic E-state index is 0.140. The van der Waals surface area contributed by atoms with Gasteiger partial charge in [0, 0.05) is 17.9 Å². The molecule has 0 bridgehead atoms. The highest BCUT2D eigenvalue weighted by atomic mass is 32.2. The van der Waals surface area contributed by atoms with Gasteiger partial charge in [0.1, 0.15) is 5.75 Å². The molecule has 1 aliphatic heterocycles. The summed E-state index contributed by atoms with van der Waals surface area (Å²) < 4.78 is 41.4. The summed E-state index contributed by atoms with van der Waals surface area (Å²) in [4.78, 5) is 19.8. The number of aromatic amines is 1. The molecule has 1 atom stereocenters. The van der Waals surface area contributed by atoms with Crippen molar-refractivity contribution in [3.63, 3.8) is 0 Å². The van der Waals surface area contributed by atoms with Gasteiger partial charge in [0.25, 0.3) is 15.9 Å². The zero-order valence-electron chi connectivity index (χ0n) is 22.9. The maximum absolute atomic E-state index is 13.8. The van der Waals surface area contributed by atoms with E-state index in [1.165, 1.54) is 12.3 Å².